The first-order valence-electron chi connectivity index (χ1n) is 8.98. The highest BCUT2D eigenvalue weighted by Gasteiger charge is 2.11. The molecule has 0 aromatic carbocycles. The van der Waals surface area contributed by atoms with Gasteiger partial charge < -0.3 is 5.11 Å². The molecule has 1 saturated carbocycles. The van der Waals surface area contributed by atoms with Gasteiger partial charge in [-0.05, 0) is 38.0 Å². The fourth-order valence-corrected chi connectivity index (χ4v) is 2.79. The topological polar surface area (TPSA) is 37.3 Å². The number of aliphatic carboxylic acids is 1. The number of unbranched alkanes of at least 4 members (excludes halogenated alkanes) is 3. The number of rotatable bonds is 7. The summed E-state index contributed by atoms with van der Waals surface area (Å²) in [5, 5.41) is 8.14. The van der Waals surface area contributed by atoms with E-state index in [4.69, 9.17) is 5.11 Å². The predicted octanol–water partition coefficient (Wildman–Crippen LogP) is 6.35. The maximum Gasteiger partial charge on any atom is 0.303 e. The van der Waals surface area contributed by atoms with Crippen LogP contribution in [0.5, 0.6) is 0 Å². The Morgan fingerprint density at radius 1 is 1.10 bits per heavy atom. The maximum atomic E-state index is 9.87. The Hall–Kier alpha value is -0.790. The van der Waals surface area contributed by atoms with E-state index < -0.39 is 5.97 Å². The summed E-state index contributed by atoms with van der Waals surface area (Å²) in [5.74, 6) is 0.329. The molecule has 0 bridgehead atoms. The Kier molecular flexibility index (Phi) is 13.6. The molecule has 1 rings (SSSR count). The van der Waals surface area contributed by atoms with Gasteiger partial charge in [-0.15, -0.1) is 0 Å². The Morgan fingerprint density at radius 2 is 1.81 bits per heavy atom. The average molecular weight is 296 g/mol. The highest BCUT2D eigenvalue weighted by molar-refractivity contribution is 5.66. The molecule has 0 aromatic rings. The van der Waals surface area contributed by atoms with E-state index in [0.717, 1.165) is 25.2 Å². The quantitative estimate of drug-likeness (QED) is 0.438. The van der Waals surface area contributed by atoms with Crippen molar-refractivity contribution in [2.45, 2.75) is 97.3 Å². The second-order valence-electron chi connectivity index (χ2n) is 6.39. The van der Waals surface area contributed by atoms with E-state index in [9.17, 15) is 4.79 Å². The van der Waals surface area contributed by atoms with Crippen LogP contribution in [0.4, 0.5) is 0 Å². The van der Waals surface area contributed by atoms with Crippen molar-refractivity contribution < 1.29 is 9.90 Å². The van der Waals surface area contributed by atoms with Crippen LogP contribution < -0.4 is 0 Å². The SMILES string of the molecule is C=C1CCCCC(CCCC)CC1.CCCCCC(=O)O. The highest BCUT2D eigenvalue weighted by atomic mass is 16.4. The average Bonchev–Trinajstić information content (AvgIpc) is 2.43. The van der Waals surface area contributed by atoms with E-state index in [-0.39, 0.29) is 0 Å². The van der Waals surface area contributed by atoms with Crippen LogP contribution in [0.1, 0.15) is 97.3 Å². The molecule has 0 heterocycles. The largest absolute Gasteiger partial charge is 0.481 e. The van der Waals surface area contributed by atoms with Gasteiger partial charge in [0, 0.05) is 6.42 Å². The van der Waals surface area contributed by atoms with Crippen LogP contribution in [0.15, 0.2) is 12.2 Å². The summed E-state index contributed by atoms with van der Waals surface area (Å²) < 4.78 is 0. The molecule has 2 heteroatoms. The second-order valence-corrected chi connectivity index (χ2v) is 6.39. The molecule has 1 fully saturated rings. The van der Waals surface area contributed by atoms with Crippen LogP contribution >= 0.6 is 0 Å². The van der Waals surface area contributed by atoms with Crippen LogP contribution in [0.25, 0.3) is 0 Å². The van der Waals surface area contributed by atoms with Gasteiger partial charge >= 0.3 is 5.97 Å². The van der Waals surface area contributed by atoms with Crippen LogP contribution in [0.2, 0.25) is 0 Å². The van der Waals surface area contributed by atoms with E-state index in [2.05, 4.69) is 20.4 Å². The van der Waals surface area contributed by atoms with Gasteiger partial charge in [-0.1, -0.05) is 70.9 Å². The zero-order valence-corrected chi connectivity index (χ0v) is 14.3. The third-order valence-electron chi connectivity index (χ3n) is 4.26. The maximum absolute atomic E-state index is 9.87. The van der Waals surface area contributed by atoms with E-state index in [1.54, 1.807) is 0 Å². The fourth-order valence-electron chi connectivity index (χ4n) is 2.79. The van der Waals surface area contributed by atoms with Crippen molar-refractivity contribution in [3.8, 4) is 0 Å². The summed E-state index contributed by atoms with van der Waals surface area (Å²) in [6.07, 6.45) is 15.8. The fraction of sp³-hybridized carbons (Fsp3) is 0.842. The van der Waals surface area contributed by atoms with Crippen molar-refractivity contribution >= 4 is 5.97 Å². The lowest BCUT2D eigenvalue weighted by molar-refractivity contribution is -0.137. The van der Waals surface area contributed by atoms with Gasteiger partial charge in [0.15, 0.2) is 0 Å². The number of allylic oxidation sites excluding steroid dienone is 1. The van der Waals surface area contributed by atoms with Crippen LogP contribution in [0.3, 0.4) is 0 Å². The molecular weight excluding hydrogens is 260 g/mol. The summed E-state index contributed by atoms with van der Waals surface area (Å²) >= 11 is 0. The molecule has 1 aliphatic rings. The molecular formula is C19H36O2. The van der Waals surface area contributed by atoms with Crippen molar-refractivity contribution in [2.24, 2.45) is 5.92 Å². The summed E-state index contributed by atoms with van der Waals surface area (Å²) in [5.41, 5.74) is 1.50. The molecule has 2 nitrogen and oxygen atoms in total. The molecule has 1 N–H and O–H groups in total. The molecule has 0 radical (unpaired) electrons. The van der Waals surface area contributed by atoms with Gasteiger partial charge in [-0.25, -0.2) is 0 Å². The first-order valence-corrected chi connectivity index (χ1v) is 8.98. The summed E-state index contributed by atoms with van der Waals surface area (Å²) in [6.45, 7) is 8.48. The second kappa shape index (κ2) is 14.2. The molecule has 0 aliphatic heterocycles. The number of hydrogen-bond donors (Lipinski definition) is 1. The molecule has 1 atom stereocenters. The third-order valence-corrected chi connectivity index (χ3v) is 4.26. The van der Waals surface area contributed by atoms with E-state index in [1.807, 2.05) is 0 Å². The third kappa shape index (κ3) is 13.9. The molecule has 1 unspecified atom stereocenters. The summed E-state index contributed by atoms with van der Waals surface area (Å²) in [4.78, 5) is 9.87. The molecule has 124 valence electrons. The number of hydrogen-bond acceptors (Lipinski definition) is 1. The van der Waals surface area contributed by atoms with Gasteiger partial charge in [0.25, 0.3) is 0 Å². The Balaban J connectivity index is 0.000000433. The van der Waals surface area contributed by atoms with Gasteiger partial charge in [-0.3, -0.25) is 4.79 Å². The number of carboxylic acids is 1. The van der Waals surface area contributed by atoms with Crippen LogP contribution in [0, 0.1) is 5.92 Å². The Bertz CT molecular complexity index is 269. The zero-order chi connectivity index (χ0) is 15.9. The van der Waals surface area contributed by atoms with Gasteiger partial charge in [0.05, 0.1) is 0 Å². The van der Waals surface area contributed by atoms with Gasteiger partial charge in [0.1, 0.15) is 0 Å². The standard InChI is InChI=1S/C13H24.C6H12O2/c1-3-4-8-13-9-6-5-7-12(2)10-11-13;1-2-3-4-5-6(7)8/h13H,2-11H2,1H3;2-5H2,1H3,(H,7,8). The van der Waals surface area contributed by atoms with Crippen molar-refractivity contribution in [1.29, 1.82) is 0 Å². The molecule has 21 heavy (non-hydrogen) atoms. The lowest BCUT2D eigenvalue weighted by Gasteiger charge is -2.20. The minimum atomic E-state index is -0.682. The number of carbonyl (C=O) groups is 1. The Labute approximate surface area is 132 Å². The van der Waals surface area contributed by atoms with Crippen molar-refractivity contribution in [3.05, 3.63) is 12.2 Å². The van der Waals surface area contributed by atoms with Crippen molar-refractivity contribution in [1.82, 2.24) is 0 Å². The van der Waals surface area contributed by atoms with Gasteiger partial charge in [-0.2, -0.15) is 0 Å². The lowest BCUT2D eigenvalue weighted by atomic mass is 9.86. The van der Waals surface area contributed by atoms with Crippen LogP contribution in [-0.2, 0) is 4.79 Å². The molecule has 0 spiro atoms. The molecule has 0 amide bonds. The molecule has 0 aromatic heterocycles. The minimum absolute atomic E-state index is 0.327. The zero-order valence-electron chi connectivity index (χ0n) is 14.3. The highest BCUT2D eigenvalue weighted by Crippen LogP contribution is 2.27. The van der Waals surface area contributed by atoms with Crippen molar-refractivity contribution in [3.63, 3.8) is 0 Å². The van der Waals surface area contributed by atoms with E-state index >= 15 is 0 Å². The molecule has 1 aliphatic carbocycles. The normalized spacial score (nSPS) is 19.1. The van der Waals surface area contributed by atoms with E-state index in [1.165, 1.54) is 63.4 Å². The van der Waals surface area contributed by atoms with E-state index in [0.29, 0.717) is 6.42 Å². The lowest BCUT2D eigenvalue weighted by Crippen LogP contribution is -2.04. The minimum Gasteiger partial charge on any atom is -0.481 e. The summed E-state index contributed by atoms with van der Waals surface area (Å²) in [6, 6.07) is 0. The van der Waals surface area contributed by atoms with Crippen LogP contribution in [-0.4, -0.2) is 11.1 Å². The first-order chi connectivity index (χ1) is 10.1. The first kappa shape index (κ1) is 20.2. The molecule has 0 saturated heterocycles. The van der Waals surface area contributed by atoms with Gasteiger partial charge in [0.2, 0.25) is 0 Å². The van der Waals surface area contributed by atoms with Crippen molar-refractivity contribution in [2.75, 3.05) is 0 Å². The monoisotopic (exact) mass is 296 g/mol. The Morgan fingerprint density at radius 3 is 2.43 bits per heavy atom. The predicted molar refractivity (Wildman–Crippen MR) is 91.6 cm³/mol. The summed E-state index contributed by atoms with van der Waals surface area (Å²) in [7, 11) is 0. The number of carboxylic acid groups (broad SMARTS) is 1. The smallest absolute Gasteiger partial charge is 0.303 e.